The summed E-state index contributed by atoms with van der Waals surface area (Å²) in [5, 5.41) is 4.58. The van der Waals surface area contributed by atoms with Gasteiger partial charge < -0.3 is 14.8 Å². The lowest BCUT2D eigenvalue weighted by Crippen LogP contribution is -2.28. The minimum atomic E-state index is 0.229. The Morgan fingerprint density at radius 3 is 2.95 bits per heavy atom. The highest BCUT2D eigenvalue weighted by Crippen LogP contribution is 2.45. The van der Waals surface area contributed by atoms with E-state index in [4.69, 9.17) is 9.47 Å². The van der Waals surface area contributed by atoms with E-state index < -0.39 is 0 Å². The molecule has 3 heterocycles. The SMILES string of the molecule is COc1ccc2nccc([C@H]3O[C@@H]3CC3CCNCC3)c2c1. The fraction of sp³-hybridized carbons (Fsp3) is 0.500. The summed E-state index contributed by atoms with van der Waals surface area (Å²) >= 11 is 0. The standard InChI is InChI=1S/C18H22N2O2/c1-21-13-2-3-16-15(11-13)14(6-9-20-16)18-17(22-18)10-12-4-7-19-8-5-12/h2-3,6,9,11-12,17-19H,4-5,7-8,10H2,1H3/t17-,18-/m1/s1. The predicted octanol–water partition coefficient (Wildman–Crippen LogP) is 3.07. The molecule has 0 spiro atoms. The van der Waals surface area contributed by atoms with Gasteiger partial charge in [0.1, 0.15) is 11.9 Å². The zero-order chi connectivity index (χ0) is 14.9. The molecule has 4 nitrogen and oxygen atoms in total. The average Bonchev–Trinajstić information content (AvgIpc) is 3.33. The van der Waals surface area contributed by atoms with Crippen LogP contribution in [-0.4, -0.2) is 31.3 Å². The topological polar surface area (TPSA) is 46.7 Å². The fourth-order valence-corrected chi connectivity index (χ4v) is 3.56. The van der Waals surface area contributed by atoms with Crippen molar-refractivity contribution in [1.82, 2.24) is 10.3 Å². The minimum absolute atomic E-state index is 0.229. The van der Waals surface area contributed by atoms with Crippen LogP contribution in [0.25, 0.3) is 10.9 Å². The molecule has 0 unspecified atom stereocenters. The number of hydrogen-bond donors (Lipinski definition) is 1. The van der Waals surface area contributed by atoms with Crippen molar-refractivity contribution >= 4 is 10.9 Å². The third-order valence-corrected chi connectivity index (χ3v) is 4.90. The van der Waals surface area contributed by atoms with E-state index in [9.17, 15) is 0 Å². The molecule has 22 heavy (non-hydrogen) atoms. The summed E-state index contributed by atoms with van der Waals surface area (Å²) in [5.74, 6) is 1.68. The predicted molar refractivity (Wildman–Crippen MR) is 86.1 cm³/mol. The van der Waals surface area contributed by atoms with E-state index in [1.165, 1.54) is 24.8 Å². The minimum Gasteiger partial charge on any atom is -0.497 e. The number of fused-ring (bicyclic) bond motifs is 1. The highest BCUT2D eigenvalue weighted by Gasteiger charge is 2.42. The van der Waals surface area contributed by atoms with Crippen molar-refractivity contribution in [2.24, 2.45) is 5.92 Å². The first-order valence-electron chi connectivity index (χ1n) is 8.14. The van der Waals surface area contributed by atoms with Crippen LogP contribution in [0.4, 0.5) is 0 Å². The molecule has 4 rings (SSSR count). The summed E-state index contributed by atoms with van der Waals surface area (Å²) in [4.78, 5) is 4.45. The van der Waals surface area contributed by atoms with E-state index in [1.807, 2.05) is 18.3 Å². The molecule has 2 saturated heterocycles. The second kappa shape index (κ2) is 5.86. The van der Waals surface area contributed by atoms with Crippen LogP contribution in [0.15, 0.2) is 30.5 Å². The van der Waals surface area contributed by atoms with Gasteiger partial charge in [0.25, 0.3) is 0 Å². The zero-order valence-electron chi connectivity index (χ0n) is 12.9. The number of ether oxygens (including phenoxy) is 2. The van der Waals surface area contributed by atoms with Gasteiger partial charge in [-0.05, 0) is 68.1 Å². The van der Waals surface area contributed by atoms with E-state index >= 15 is 0 Å². The van der Waals surface area contributed by atoms with Crippen molar-refractivity contribution in [3.05, 3.63) is 36.0 Å². The first-order chi connectivity index (χ1) is 10.8. The number of nitrogens with zero attached hydrogens (tertiary/aromatic N) is 1. The Labute approximate surface area is 130 Å². The summed E-state index contributed by atoms with van der Waals surface area (Å²) in [6.45, 7) is 2.30. The highest BCUT2D eigenvalue weighted by molar-refractivity contribution is 5.84. The van der Waals surface area contributed by atoms with Crippen molar-refractivity contribution in [2.45, 2.75) is 31.5 Å². The Morgan fingerprint density at radius 1 is 1.27 bits per heavy atom. The van der Waals surface area contributed by atoms with Gasteiger partial charge in [-0.2, -0.15) is 0 Å². The van der Waals surface area contributed by atoms with Crippen LogP contribution in [0.3, 0.4) is 0 Å². The third-order valence-electron chi connectivity index (χ3n) is 4.90. The summed E-state index contributed by atoms with van der Waals surface area (Å²) in [6.07, 6.45) is 6.22. The van der Waals surface area contributed by atoms with E-state index in [2.05, 4.69) is 22.4 Å². The molecule has 2 fully saturated rings. The number of benzene rings is 1. The van der Waals surface area contributed by atoms with Gasteiger partial charge in [0.2, 0.25) is 0 Å². The van der Waals surface area contributed by atoms with E-state index in [1.54, 1.807) is 7.11 Å². The Balaban J connectivity index is 1.54. The molecule has 1 aromatic carbocycles. The van der Waals surface area contributed by atoms with Crippen molar-refractivity contribution in [1.29, 1.82) is 0 Å². The van der Waals surface area contributed by atoms with Crippen LogP contribution in [0, 0.1) is 5.92 Å². The van der Waals surface area contributed by atoms with Crippen LogP contribution < -0.4 is 10.1 Å². The van der Waals surface area contributed by atoms with E-state index in [0.717, 1.165) is 35.7 Å². The molecule has 0 bridgehead atoms. The first kappa shape index (κ1) is 14.0. The molecular weight excluding hydrogens is 276 g/mol. The van der Waals surface area contributed by atoms with Crippen LogP contribution in [0.1, 0.15) is 30.9 Å². The average molecular weight is 298 g/mol. The van der Waals surface area contributed by atoms with Gasteiger partial charge in [0.05, 0.1) is 18.7 Å². The van der Waals surface area contributed by atoms with Gasteiger partial charge in [-0.15, -0.1) is 0 Å². The number of piperidine rings is 1. The molecule has 116 valence electrons. The van der Waals surface area contributed by atoms with Crippen LogP contribution in [0.2, 0.25) is 0 Å². The molecule has 0 aliphatic carbocycles. The molecule has 1 aromatic heterocycles. The molecular formula is C18H22N2O2. The van der Waals surface area contributed by atoms with Gasteiger partial charge in [-0.1, -0.05) is 0 Å². The maximum atomic E-state index is 6.00. The number of hydrogen-bond acceptors (Lipinski definition) is 4. The van der Waals surface area contributed by atoms with Crippen LogP contribution in [-0.2, 0) is 4.74 Å². The fourth-order valence-electron chi connectivity index (χ4n) is 3.56. The van der Waals surface area contributed by atoms with E-state index in [-0.39, 0.29) is 6.10 Å². The summed E-state index contributed by atoms with van der Waals surface area (Å²) in [5.41, 5.74) is 2.26. The first-order valence-corrected chi connectivity index (χ1v) is 8.14. The van der Waals surface area contributed by atoms with Crippen molar-refractivity contribution in [2.75, 3.05) is 20.2 Å². The van der Waals surface area contributed by atoms with Gasteiger partial charge in [-0.25, -0.2) is 0 Å². The molecule has 1 N–H and O–H groups in total. The molecule has 0 radical (unpaired) electrons. The van der Waals surface area contributed by atoms with Crippen molar-refractivity contribution in [3.63, 3.8) is 0 Å². The second-order valence-electron chi connectivity index (χ2n) is 6.31. The van der Waals surface area contributed by atoms with Gasteiger partial charge >= 0.3 is 0 Å². The van der Waals surface area contributed by atoms with Crippen LogP contribution >= 0.6 is 0 Å². The number of aromatic nitrogens is 1. The maximum Gasteiger partial charge on any atom is 0.119 e. The summed E-state index contributed by atoms with van der Waals surface area (Å²) in [6, 6.07) is 8.14. The monoisotopic (exact) mass is 298 g/mol. The van der Waals surface area contributed by atoms with Gasteiger partial charge in [0, 0.05) is 11.6 Å². The zero-order valence-corrected chi connectivity index (χ0v) is 12.9. The van der Waals surface area contributed by atoms with Crippen molar-refractivity contribution < 1.29 is 9.47 Å². The molecule has 0 saturated carbocycles. The quantitative estimate of drug-likeness (QED) is 0.881. The summed E-state index contributed by atoms with van der Waals surface area (Å²) < 4.78 is 11.3. The number of nitrogens with one attached hydrogen (secondary N) is 1. The van der Waals surface area contributed by atoms with Gasteiger partial charge in [0.15, 0.2) is 0 Å². The lowest BCUT2D eigenvalue weighted by molar-refractivity contribution is 0.297. The summed E-state index contributed by atoms with van der Waals surface area (Å²) in [7, 11) is 1.70. The lowest BCUT2D eigenvalue weighted by Gasteiger charge is -2.21. The molecule has 2 atom stereocenters. The third kappa shape index (κ3) is 2.69. The second-order valence-corrected chi connectivity index (χ2v) is 6.31. The van der Waals surface area contributed by atoms with Crippen molar-refractivity contribution in [3.8, 4) is 5.75 Å². The van der Waals surface area contributed by atoms with Gasteiger partial charge in [-0.3, -0.25) is 4.98 Å². The molecule has 2 aromatic rings. The maximum absolute atomic E-state index is 6.00. The number of rotatable bonds is 4. The highest BCUT2D eigenvalue weighted by atomic mass is 16.6. The Bertz CT molecular complexity index is 667. The Morgan fingerprint density at radius 2 is 2.14 bits per heavy atom. The Kier molecular flexibility index (Phi) is 3.72. The molecule has 4 heteroatoms. The number of pyridine rings is 1. The lowest BCUT2D eigenvalue weighted by atomic mass is 9.91. The molecule has 2 aliphatic rings. The number of epoxide rings is 1. The molecule has 2 aliphatic heterocycles. The smallest absolute Gasteiger partial charge is 0.119 e. The Hall–Kier alpha value is -1.65. The molecule has 0 amide bonds. The van der Waals surface area contributed by atoms with E-state index in [0.29, 0.717) is 6.10 Å². The largest absolute Gasteiger partial charge is 0.497 e. The normalized spacial score (nSPS) is 25.3. The number of methoxy groups -OCH3 is 1. The van der Waals surface area contributed by atoms with Crippen LogP contribution in [0.5, 0.6) is 5.75 Å².